The van der Waals surface area contributed by atoms with Crippen molar-refractivity contribution >= 4 is 11.6 Å². The molecule has 3 nitrogen and oxygen atoms in total. The average molecular weight is 174 g/mol. The van der Waals surface area contributed by atoms with Crippen LogP contribution in [0.15, 0.2) is 0 Å². The molecule has 1 aromatic rings. The van der Waals surface area contributed by atoms with Crippen LogP contribution in [0.1, 0.15) is 30.4 Å². The maximum atomic E-state index is 5.99. The molecule has 1 atom stereocenters. The van der Waals surface area contributed by atoms with Gasteiger partial charge in [0.15, 0.2) is 5.82 Å². The van der Waals surface area contributed by atoms with Crippen LogP contribution in [0.4, 0.5) is 0 Å². The van der Waals surface area contributed by atoms with Crippen molar-refractivity contribution in [1.29, 1.82) is 0 Å². The van der Waals surface area contributed by atoms with Crippen molar-refractivity contribution in [2.75, 3.05) is 0 Å². The zero-order chi connectivity index (χ0) is 8.43. The molecular formula is C7H12ClN3. The molecule has 1 aromatic heterocycles. The maximum Gasteiger partial charge on any atom is 0.150 e. The topological polar surface area (TPSA) is 30.7 Å². The van der Waals surface area contributed by atoms with Crippen molar-refractivity contribution in [3.8, 4) is 0 Å². The number of nitrogens with zero attached hydrogens (tertiary/aromatic N) is 3. The molecule has 0 radical (unpaired) electrons. The smallest absolute Gasteiger partial charge is 0.150 e. The summed E-state index contributed by atoms with van der Waals surface area (Å²) in [5.41, 5.74) is 0. The van der Waals surface area contributed by atoms with Crippen molar-refractivity contribution in [2.45, 2.75) is 25.6 Å². The summed E-state index contributed by atoms with van der Waals surface area (Å²) in [6.45, 7) is 3.94. The fraction of sp³-hybridized carbons (Fsp3) is 0.714. The van der Waals surface area contributed by atoms with Crippen molar-refractivity contribution < 1.29 is 0 Å². The largest absolute Gasteiger partial charge is 0.317 e. The molecule has 0 saturated heterocycles. The summed E-state index contributed by atoms with van der Waals surface area (Å²) in [7, 11) is 1.93. The van der Waals surface area contributed by atoms with Crippen LogP contribution < -0.4 is 0 Å². The van der Waals surface area contributed by atoms with Crippen LogP contribution in [-0.4, -0.2) is 14.8 Å². The van der Waals surface area contributed by atoms with Crippen LogP contribution in [0.5, 0.6) is 0 Å². The highest BCUT2D eigenvalue weighted by molar-refractivity contribution is 6.20. The molecule has 11 heavy (non-hydrogen) atoms. The summed E-state index contributed by atoms with van der Waals surface area (Å²) in [5.74, 6) is 1.76. The first-order chi connectivity index (χ1) is 5.16. The molecule has 0 saturated carbocycles. The Labute approximate surface area is 71.4 Å². The summed E-state index contributed by atoms with van der Waals surface area (Å²) in [4.78, 5) is 0. The molecule has 0 aromatic carbocycles. The standard InChI is InChI=1S/C7H12ClN3/c1-4-6(8)7-10-9-5(2)11(7)3/h6H,4H2,1-3H3. The SMILES string of the molecule is CCC(Cl)c1nnc(C)n1C. The van der Waals surface area contributed by atoms with Gasteiger partial charge in [0.05, 0.1) is 5.38 Å². The molecule has 0 aliphatic rings. The van der Waals surface area contributed by atoms with E-state index in [2.05, 4.69) is 10.2 Å². The lowest BCUT2D eigenvalue weighted by Gasteiger charge is -2.04. The average Bonchev–Trinajstić information content (AvgIpc) is 2.32. The first-order valence-electron chi connectivity index (χ1n) is 3.66. The summed E-state index contributed by atoms with van der Waals surface area (Å²) in [5, 5.41) is 7.87. The Hall–Kier alpha value is -0.570. The number of aromatic nitrogens is 3. The van der Waals surface area contributed by atoms with Gasteiger partial charge in [-0.3, -0.25) is 0 Å². The summed E-state index contributed by atoms with van der Waals surface area (Å²) < 4.78 is 1.92. The summed E-state index contributed by atoms with van der Waals surface area (Å²) >= 11 is 5.99. The molecule has 0 aliphatic carbocycles. The van der Waals surface area contributed by atoms with Crippen LogP contribution >= 0.6 is 11.6 Å². The predicted molar refractivity (Wildman–Crippen MR) is 44.6 cm³/mol. The number of aryl methyl sites for hydroxylation is 1. The minimum absolute atomic E-state index is 0.0128. The van der Waals surface area contributed by atoms with Gasteiger partial charge in [-0.15, -0.1) is 21.8 Å². The van der Waals surface area contributed by atoms with E-state index in [1.807, 2.05) is 25.5 Å². The Morgan fingerprint density at radius 3 is 2.55 bits per heavy atom. The van der Waals surface area contributed by atoms with E-state index in [1.165, 1.54) is 0 Å². The number of hydrogen-bond acceptors (Lipinski definition) is 2. The predicted octanol–water partition coefficient (Wildman–Crippen LogP) is 1.81. The Bertz CT molecular complexity index is 244. The fourth-order valence-electron chi connectivity index (χ4n) is 0.879. The van der Waals surface area contributed by atoms with Gasteiger partial charge in [0.25, 0.3) is 0 Å². The Balaban J connectivity index is 2.94. The van der Waals surface area contributed by atoms with E-state index in [9.17, 15) is 0 Å². The van der Waals surface area contributed by atoms with E-state index in [4.69, 9.17) is 11.6 Å². The van der Waals surface area contributed by atoms with Gasteiger partial charge in [-0.1, -0.05) is 6.92 Å². The minimum Gasteiger partial charge on any atom is -0.317 e. The molecule has 0 bridgehead atoms. The van der Waals surface area contributed by atoms with Gasteiger partial charge in [-0.2, -0.15) is 0 Å². The fourth-order valence-corrected chi connectivity index (χ4v) is 1.07. The van der Waals surface area contributed by atoms with E-state index in [1.54, 1.807) is 0 Å². The normalized spacial score (nSPS) is 13.5. The molecule has 1 rings (SSSR count). The van der Waals surface area contributed by atoms with Gasteiger partial charge in [0.2, 0.25) is 0 Å². The second-order valence-electron chi connectivity index (χ2n) is 2.54. The quantitative estimate of drug-likeness (QED) is 0.639. The highest BCUT2D eigenvalue weighted by Gasteiger charge is 2.12. The van der Waals surface area contributed by atoms with E-state index < -0.39 is 0 Å². The van der Waals surface area contributed by atoms with Crippen LogP contribution in [0.25, 0.3) is 0 Å². The highest BCUT2D eigenvalue weighted by Crippen LogP contribution is 2.21. The number of rotatable bonds is 2. The Morgan fingerprint density at radius 2 is 2.18 bits per heavy atom. The summed E-state index contributed by atoms with van der Waals surface area (Å²) in [6, 6.07) is 0. The molecule has 0 amide bonds. The molecular weight excluding hydrogens is 162 g/mol. The zero-order valence-corrected chi connectivity index (χ0v) is 7.76. The van der Waals surface area contributed by atoms with Crippen LogP contribution in [0.3, 0.4) is 0 Å². The lowest BCUT2D eigenvalue weighted by Crippen LogP contribution is -2.01. The molecule has 0 fully saturated rings. The molecule has 4 heteroatoms. The van der Waals surface area contributed by atoms with Crippen LogP contribution in [-0.2, 0) is 7.05 Å². The maximum absolute atomic E-state index is 5.99. The van der Waals surface area contributed by atoms with E-state index in [-0.39, 0.29) is 5.38 Å². The second kappa shape index (κ2) is 3.22. The first kappa shape index (κ1) is 8.53. The van der Waals surface area contributed by atoms with E-state index >= 15 is 0 Å². The minimum atomic E-state index is -0.0128. The Morgan fingerprint density at radius 1 is 1.55 bits per heavy atom. The van der Waals surface area contributed by atoms with Crippen LogP contribution in [0, 0.1) is 6.92 Å². The third-order valence-electron chi connectivity index (χ3n) is 1.76. The molecule has 1 unspecified atom stereocenters. The first-order valence-corrected chi connectivity index (χ1v) is 4.10. The lowest BCUT2D eigenvalue weighted by atomic mass is 10.3. The van der Waals surface area contributed by atoms with Crippen molar-refractivity contribution in [3.63, 3.8) is 0 Å². The van der Waals surface area contributed by atoms with Crippen molar-refractivity contribution in [2.24, 2.45) is 7.05 Å². The highest BCUT2D eigenvalue weighted by atomic mass is 35.5. The molecule has 0 aliphatic heterocycles. The zero-order valence-electron chi connectivity index (χ0n) is 7.00. The van der Waals surface area contributed by atoms with Crippen LogP contribution in [0.2, 0.25) is 0 Å². The van der Waals surface area contributed by atoms with Crippen molar-refractivity contribution in [3.05, 3.63) is 11.6 Å². The van der Waals surface area contributed by atoms with Gasteiger partial charge >= 0.3 is 0 Å². The number of alkyl halides is 1. The summed E-state index contributed by atoms with van der Waals surface area (Å²) in [6.07, 6.45) is 0.882. The van der Waals surface area contributed by atoms with E-state index in [0.717, 1.165) is 18.1 Å². The lowest BCUT2D eigenvalue weighted by molar-refractivity contribution is 0.725. The number of halogens is 1. The van der Waals surface area contributed by atoms with E-state index in [0.29, 0.717) is 0 Å². The Kier molecular flexibility index (Phi) is 2.49. The van der Waals surface area contributed by atoms with Crippen molar-refractivity contribution in [1.82, 2.24) is 14.8 Å². The van der Waals surface area contributed by atoms with Gasteiger partial charge in [-0.05, 0) is 13.3 Å². The third-order valence-corrected chi connectivity index (χ3v) is 2.27. The molecule has 62 valence electrons. The monoisotopic (exact) mass is 173 g/mol. The van der Waals surface area contributed by atoms with Gasteiger partial charge in [-0.25, -0.2) is 0 Å². The third kappa shape index (κ3) is 1.53. The van der Waals surface area contributed by atoms with Gasteiger partial charge < -0.3 is 4.57 Å². The molecule has 0 N–H and O–H groups in total. The molecule has 1 heterocycles. The number of hydrogen-bond donors (Lipinski definition) is 0. The van der Waals surface area contributed by atoms with Gasteiger partial charge in [0, 0.05) is 7.05 Å². The van der Waals surface area contributed by atoms with Gasteiger partial charge in [0.1, 0.15) is 5.82 Å². The second-order valence-corrected chi connectivity index (χ2v) is 3.07. The molecule has 0 spiro atoms.